The molecule has 210 valence electrons. The molecule has 6 heteroatoms. The lowest BCUT2D eigenvalue weighted by Gasteiger charge is -2.34. The average molecular weight is 540 g/mol. The van der Waals surface area contributed by atoms with Gasteiger partial charge in [0.05, 0.1) is 23.4 Å². The molecule has 0 saturated heterocycles. The summed E-state index contributed by atoms with van der Waals surface area (Å²) in [5.41, 5.74) is 4.81. The van der Waals surface area contributed by atoms with E-state index >= 15 is 0 Å². The number of unbranched alkanes of at least 4 members (excludes halogenated alkanes) is 3. The second-order valence-corrected chi connectivity index (χ2v) is 10.4. The molecule has 0 radical (unpaired) electrons. The summed E-state index contributed by atoms with van der Waals surface area (Å²) < 4.78 is 15.6. The largest absolute Gasteiger partial charge is 0.491 e. The van der Waals surface area contributed by atoms with Crippen LogP contribution < -0.4 is 9.64 Å². The van der Waals surface area contributed by atoms with Crippen LogP contribution in [0.2, 0.25) is 0 Å². The maximum Gasteiger partial charge on any atom is 0.341 e. The number of carbonyl (C=O) groups excluding carboxylic acids is 1. The smallest absolute Gasteiger partial charge is 0.341 e. The second kappa shape index (κ2) is 11.7. The second-order valence-electron chi connectivity index (χ2n) is 10.4. The van der Waals surface area contributed by atoms with Crippen LogP contribution in [-0.2, 0) is 16.9 Å². The van der Waals surface area contributed by atoms with Gasteiger partial charge in [-0.05, 0) is 58.4 Å². The minimum Gasteiger partial charge on any atom is -0.491 e. The first-order valence-electron chi connectivity index (χ1n) is 14.8. The average Bonchev–Trinajstić information content (AvgIpc) is 3.44. The Balaban J connectivity index is 1.84. The summed E-state index contributed by atoms with van der Waals surface area (Å²) in [4.78, 5) is 20.8. The van der Waals surface area contributed by atoms with Crippen molar-refractivity contribution < 1.29 is 14.3 Å². The number of benzene rings is 2. The number of anilines is 1. The van der Waals surface area contributed by atoms with Gasteiger partial charge in [0.2, 0.25) is 5.60 Å². The van der Waals surface area contributed by atoms with Crippen molar-refractivity contribution in [3.8, 4) is 5.75 Å². The quantitative estimate of drug-likeness (QED) is 0.137. The van der Waals surface area contributed by atoms with Crippen molar-refractivity contribution in [3.63, 3.8) is 0 Å². The topological polar surface area (TPSA) is 56.6 Å². The summed E-state index contributed by atoms with van der Waals surface area (Å²) in [6.45, 7) is 13.9. The Bertz CT molecular complexity index is 1500. The third-order valence-corrected chi connectivity index (χ3v) is 8.23. The summed E-state index contributed by atoms with van der Waals surface area (Å²) in [5.74, 6) is 0.402. The van der Waals surface area contributed by atoms with Crippen molar-refractivity contribution in [2.24, 2.45) is 0 Å². The lowest BCUT2D eigenvalue weighted by Crippen LogP contribution is -2.33. The first-order valence-corrected chi connectivity index (χ1v) is 14.8. The zero-order chi connectivity index (χ0) is 28.3. The molecule has 6 nitrogen and oxygen atoms in total. The van der Waals surface area contributed by atoms with Gasteiger partial charge in [-0.15, -0.1) is 0 Å². The number of esters is 1. The Kier molecular flexibility index (Phi) is 8.15. The lowest BCUT2D eigenvalue weighted by molar-refractivity contribution is 0.0237. The number of aromatic nitrogens is 2. The number of hydrogen-bond donors (Lipinski definition) is 0. The summed E-state index contributed by atoms with van der Waals surface area (Å²) in [6, 6.07) is 18.2. The van der Waals surface area contributed by atoms with Crippen molar-refractivity contribution >= 4 is 22.6 Å². The first-order chi connectivity index (χ1) is 19.5. The van der Waals surface area contributed by atoms with Gasteiger partial charge in [-0.25, -0.2) is 4.79 Å². The van der Waals surface area contributed by atoms with Gasteiger partial charge in [-0.1, -0.05) is 56.5 Å². The Hall–Kier alpha value is -3.80. The van der Waals surface area contributed by atoms with Crippen LogP contribution in [0, 0.1) is 6.92 Å². The molecule has 0 N–H and O–H groups in total. The van der Waals surface area contributed by atoms with Crippen molar-refractivity contribution in [2.75, 3.05) is 24.6 Å². The third-order valence-electron chi connectivity index (χ3n) is 8.23. The van der Waals surface area contributed by atoms with E-state index in [1.54, 1.807) is 12.3 Å². The van der Waals surface area contributed by atoms with Gasteiger partial charge in [0, 0.05) is 48.0 Å². The molecule has 1 unspecified atom stereocenters. The fourth-order valence-electron chi connectivity index (χ4n) is 6.33. The van der Waals surface area contributed by atoms with Crippen molar-refractivity contribution in [3.05, 3.63) is 88.9 Å². The Morgan fingerprint density at radius 2 is 1.75 bits per heavy atom. The van der Waals surface area contributed by atoms with Crippen molar-refractivity contribution in [2.45, 2.75) is 72.4 Å². The molecular formula is C34H41N3O3. The van der Waals surface area contributed by atoms with Crippen molar-refractivity contribution in [1.82, 2.24) is 9.55 Å². The van der Waals surface area contributed by atoms with Gasteiger partial charge in [-0.2, -0.15) is 0 Å². The molecule has 0 fully saturated rings. The molecule has 4 aromatic rings. The molecule has 0 amide bonds. The number of para-hydroxylation sites is 2. The standard InChI is InChI=1S/C34H41N3O3/c1-6-10-11-14-23-39-31-27(19-15-21-29(31)36(7-2)8-3)34(32-26(33(38)40-34)18-16-22-35-32)30-24(5)37(9-4)28-20-13-12-17-25(28)30/h12-13,15-22H,6-11,14,23H2,1-5H3. The monoisotopic (exact) mass is 539 g/mol. The van der Waals surface area contributed by atoms with Gasteiger partial charge >= 0.3 is 5.97 Å². The highest BCUT2D eigenvalue weighted by atomic mass is 16.6. The third kappa shape index (κ3) is 4.43. The highest BCUT2D eigenvalue weighted by Gasteiger charge is 2.54. The number of nitrogens with zero attached hydrogens (tertiary/aromatic N) is 3. The summed E-state index contributed by atoms with van der Waals surface area (Å²) in [6.07, 6.45) is 6.19. The molecule has 0 saturated carbocycles. The fourth-order valence-corrected chi connectivity index (χ4v) is 6.33. The van der Waals surface area contributed by atoms with Gasteiger partial charge in [-0.3, -0.25) is 4.98 Å². The number of rotatable bonds is 12. The summed E-state index contributed by atoms with van der Waals surface area (Å²) in [7, 11) is 0. The zero-order valence-electron chi connectivity index (χ0n) is 24.5. The molecule has 1 aliphatic heterocycles. The minimum atomic E-state index is -1.25. The van der Waals surface area contributed by atoms with Crippen LogP contribution in [0.5, 0.6) is 5.75 Å². The Labute approximate surface area is 237 Å². The highest BCUT2D eigenvalue weighted by molar-refractivity contribution is 5.98. The molecule has 1 aliphatic rings. The predicted molar refractivity (Wildman–Crippen MR) is 162 cm³/mol. The van der Waals surface area contributed by atoms with Crippen LogP contribution in [-0.4, -0.2) is 35.2 Å². The highest BCUT2D eigenvalue weighted by Crippen LogP contribution is 2.54. The van der Waals surface area contributed by atoms with Gasteiger partial charge < -0.3 is 18.9 Å². The molecule has 40 heavy (non-hydrogen) atoms. The van der Waals surface area contributed by atoms with E-state index in [4.69, 9.17) is 14.5 Å². The number of ether oxygens (including phenoxy) is 2. The zero-order valence-corrected chi connectivity index (χ0v) is 24.5. The summed E-state index contributed by atoms with van der Waals surface area (Å²) >= 11 is 0. The number of cyclic esters (lactones) is 1. The van der Waals surface area contributed by atoms with E-state index in [9.17, 15) is 4.79 Å². The van der Waals surface area contributed by atoms with Crippen LogP contribution in [0.4, 0.5) is 5.69 Å². The number of aryl methyl sites for hydroxylation is 1. The van der Waals surface area contributed by atoms with E-state index in [0.29, 0.717) is 17.9 Å². The van der Waals surface area contributed by atoms with Crippen LogP contribution in [0.1, 0.15) is 86.3 Å². The number of hydrogen-bond acceptors (Lipinski definition) is 5. The fraction of sp³-hybridized carbons (Fsp3) is 0.412. The Morgan fingerprint density at radius 3 is 2.50 bits per heavy atom. The molecular weight excluding hydrogens is 498 g/mol. The van der Waals surface area contributed by atoms with E-state index in [0.717, 1.165) is 71.6 Å². The number of fused-ring (bicyclic) bond motifs is 2. The molecule has 0 aliphatic carbocycles. The number of carbonyl (C=O) groups is 1. The minimum absolute atomic E-state index is 0.363. The van der Waals surface area contributed by atoms with Crippen LogP contribution >= 0.6 is 0 Å². The molecule has 2 aromatic carbocycles. The SMILES string of the molecule is CCCCCCOc1c(N(CC)CC)cccc1C1(c2c(C)n(CC)c3ccccc23)OC(=O)c2cccnc21. The van der Waals surface area contributed by atoms with E-state index in [1.165, 1.54) is 12.8 Å². The molecule has 0 spiro atoms. The van der Waals surface area contributed by atoms with Crippen molar-refractivity contribution in [1.29, 1.82) is 0 Å². The van der Waals surface area contributed by atoms with Crippen LogP contribution in [0.15, 0.2) is 60.8 Å². The lowest BCUT2D eigenvalue weighted by atomic mass is 9.80. The maximum absolute atomic E-state index is 13.6. The van der Waals surface area contributed by atoms with E-state index in [1.807, 2.05) is 12.1 Å². The molecule has 5 rings (SSSR count). The number of pyridine rings is 1. The van der Waals surface area contributed by atoms with Crippen LogP contribution in [0.3, 0.4) is 0 Å². The molecule has 2 aromatic heterocycles. The predicted octanol–water partition coefficient (Wildman–Crippen LogP) is 7.63. The van der Waals surface area contributed by atoms with Gasteiger partial charge in [0.25, 0.3) is 0 Å². The van der Waals surface area contributed by atoms with Gasteiger partial charge in [0.15, 0.2) is 5.75 Å². The first kappa shape index (κ1) is 27.8. The van der Waals surface area contributed by atoms with E-state index in [-0.39, 0.29) is 5.97 Å². The molecule has 3 heterocycles. The molecule has 1 atom stereocenters. The normalized spacial score (nSPS) is 16.3. The molecule has 0 bridgehead atoms. The summed E-state index contributed by atoms with van der Waals surface area (Å²) in [5, 5.41) is 1.05. The van der Waals surface area contributed by atoms with E-state index < -0.39 is 5.60 Å². The van der Waals surface area contributed by atoms with Crippen LogP contribution in [0.25, 0.3) is 10.9 Å². The maximum atomic E-state index is 13.6. The Morgan fingerprint density at radius 1 is 0.950 bits per heavy atom. The van der Waals surface area contributed by atoms with Gasteiger partial charge in [0.1, 0.15) is 5.69 Å². The van der Waals surface area contributed by atoms with E-state index in [2.05, 4.69) is 80.5 Å².